The summed E-state index contributed by atoms with van der Waals surface area (Å²) in [6.07, 6.45) is 36.5. The van der Waals surface area contributed by atoms with Crippen LogP contribution in [0.1, 0.15) is 142 Å². The molecular weight excluding hydrogens is 765 g/mol. The van der Waals surface area contributed by atoms with Gasteiger partial charge >= 0.3 is 16.4 Å². The lowest BCUT2D eigenvalue weighted by atomic mass is 9.99. The predicted molar refractivity (Wildman–Crippen MR) is 229 cm³/mol. The van der Waals surface area contributed by atoms with Crippen LogP contribution in [-0.4, -0.2) is 97.5 Å². The van der Waals surface area contributed by atoms with Crippen LogP contribution in [0.3, 0.4) is 0 Å². The average molecular weight is 841 g/mol. The Labute approximate surface area is 350 Å². The van der Waals surface area contributed by atoms with Crippen LogP contribution in [-0.2, 0) is 38.3 Å². The van der Waals surface area contributed by atoms with Crippen LogP contribution < -0.4 is 0 Å². The van der Waals surface area contributed by atoms with Crippen molar-refractivity contribution < 1.29 is 56.2 Å². The second-order valence-corrected chi connectivity index (χ2v) is 15.6. The Balaban J connectivity index is 2.48. The number of rotatable bonds is 36. The SMILES string of the molecule is CC/C=C\C/C=C\C/C=C\CCCCCCCCOCC(COC1OC(CO)C(O)C(OS(=O)(=O)O)C1O)OC(=O)CCCCCCC/C=C\C/C=C\C/C=C\CC. The number of aliphatic hydroxyl groups is 3. The molecule has 0 spiro atoms. The summed E-state index contributed by atoms with van der Waals surface area (Å²) in [6.45, 7) is 3.69. The molecule has 1 aliphatic heterocycles. The van der Waals surface area contributed by atoms with E-state index in [1.54, 1.807) is 0 Å². The first kappa shape index (κ1) is 53.6. The van der Waals surface area contributed by atoms with Gasteiger partial charge in [0.15, 0.2) is 6.29 Å². The second-order valence-electron chi connectivity index (χ2n) is 14.5. The normalized spacial score (nSPS) is 21.2. The van der Waals surface area contributed by atoms with Crippen molar-refractivity contribution in [2.24, 2.45) is 0 Å². The Hall–Kier alpha value is -2.46. The Morgan fingerprint density at radius 1 is 0.655 bits per heavy atom. The van der Waals surface area contributed by atoms with Gasteiger partial charge in [0.05, 0.1) is 19.8 Å². The maximum absolute atomic E-state index is 12.8. The van der Waals surface area contributed by atoms with E-state index < -0.39 is 59.8 Å². The zero-order chi connectivity index (χ0) is 42.5. The van der Waals surface area contributed by atoms with Gasteiger partial charge in [0, 0.05) is 13.0 Å². The van der Waals surface area contributed by atoms with Crippen molar-refractivity contribution in [3.8, 4) is 0 Å². The molecule has 1 fully saturated rings. The van der Waals surface area contributed by atoms with E-state index in [9.17, 15) is 28.5 Å². The van der Waals surface area contributed by atoms with Crippen molar-refractivity contribution in [2.45, 2.75) is 179 Å². The van der Waals surface area contributed by atoms with E-state index in [0.29, 0.717) is 13.0 Å². The average Bonchev–Trinajstić information content (AvgIpc) is 3.19. The number of carbonyl (C=O) groups excluding carboxylic acids is 1. The molecule has 12 nitrogen and oxygen atoms in total. The minimum atomic E-state index is -5.07. The zero-order valence-corrected chi connectivity index (χ0v) is 36.1. The highest BCUT2D eigenvalue weighted by Crippen LogP contribution is 2.26. The van der Waals surface area contributed by atoms with E-state index in [1.165, 1.54) is 6.42 Å². The summed E-state index contributed by atoms with van der Waals surface area (Å²) in [5, 5.41) is 30.6. The molecule has 1 saturated heterocycles. The summed E-state index contributed by atoms with van der Waals surface area (Å²) < 4.78 is 59.0. The molecule has 0 saturated carbocycles. The molecule has 13 heteroatoms. The first-order valence-corrected chi connectivity index (χ1v) is 23.1. The molecule has 0 aromatic carbocycles. The minimum Gasteiger partial charge on any atom is -0.457 e. The van der Waals surface area contributed by atoms with Crippen molar-refractivity contribution in [2.75, 3.05) is 26.4 Å². The molecule has 1 aliphatic rings. The molecule has 58 heavy (non-hydrogen) atoms. The van der Waals surface area contributed by atoms with Crippen LogP contribution in [0.2, 0.25) is 0 Å². The molecule has 0 aliphatic carbocycles. The Bertz CT molecular complexity index is 1290. The van der Waals surface area contributed by atoms with Crippen LogP contribution in [0.15, 0.2) is 72.9 Å². The predicted octanol–water partition coefficient (Wildman–Crippen LogP) is 8.74. The van der Waals surface area contributed by atoms with Crippen LogP contribution in [0.4, 0.5) is 0 Å². The van der Waals surface area contributed by atoms with Gasteiger partial charge in [-0.15, -0.1) is 0 Å². The van der Waals surface area contributed by atoms with Crippen LogP contribution >= 0.6 is 0 Å². The van der Waals surface area contributed by atoms with Gasteiger partial charge in [-0.25, -0.2) is 4.18 Å². The van der Waals surface area contributed by atoms with Crippen LogP contribution in [0.25, 0.3) is 0 Å². The number of ether oxygens (including phenoxy) is 4. The number of unbranched alkanes of at least 4 members (excludes halogenated alkanes) is 11. The summed E-state index contributed by atoms with van der Waals surface area (Å²) in [6, 6.07) is 0. The van der Waals surface area contributed by atoms with Gasteiger partial charge in [-0.05, 0) is 77.0 Å². The molecule has 6 atom stereocenters. The highest BCUT2D eigenvalue weighted by molar-refractivity contribution is 7.80. The summed E-state index contributed by atoms with van der Waals surface area (Å²) in [5.41, 5.74) is 0. The van der Waals surface area contributed by atoms with Gasteiger partial charge in [-0.1, -0.05) is 132 Å². The molecule has 0 radical (unpaired) electrons. The molecule has 0 aromatic rings. The molecular formula is C45H76O12S. The number of carbonyl (C=O) groups is 1. The maximum Gasteiger partial charge on any atom is 0.397 e. The van der Waals surface area contributed by atoms with E-state index in [2.05, 4.69) is 90.9 Å². The Kier molecular flexibility index (Phi) is 33.6. The molecule has 4 N–H and O–H groups in total. The molecule has 6 unspecified atom stereocenters. The van der Waals surface area contributed by atoms with E-state index in [1.807, 2.05) is 0 Å². The quantitative estimate of drug-likeness (QED) is 0.0204. The summed E-state index contributed by atoms with van der Waals surface area (Å²) in [7, 11) is -5.07. The minimum absolute atomic E-state index is 0.0156. The smallest absolute Gasteiger partial charge is 0.397 e. The maximum atomic E-state index is 12.8. The van der Waals surface area contributed by atoms with E-state index in [4.69, 9.17) is 23.5 Å². The molecule has 1 rings (SSSR count). The lowest BCUT2D eigenvalue weighted by Crippen LogP contribution is -2.60. The van der Waals surface area contributed by atoms with Crippen LogP contribution in [0, 0.1) is 0 Å². The summed E-state index contributed by atoms with van der Waals surface area (Å²) >= 11 is 0. The fourth-order valence-electron chi connectivity index (χ4n) is 6.11. The molecule has 0 bridgehead atoms. The van der Waals surface area contributed by atoms with Crippen molar-refractivity contribution in [1.29, 1.82) is 0 Å². The lowest BCUT2D eigenvalue weighted by molar-refractivity contribution is -0.301. The van der Waals surface area contributed by atoms with Gasteiger partial charge in [-0.3, -0.25) is 9.35 Å². The first-order chi connectivity index (χ1) is 28.1. The number of allylic oxidation sites excluding steroid dienone is 12. The zero-order valence-electron chi connectivity index (χ0n) is 35.3. The molecule has 1 heterocycles. The van der Waals surface area contributed by atoms with Crippen molar-refractivity contribution in [1.82, 2.24) is 0 Å². The Morgan fingerprint density at radius 3 is 1.66 bits per heavy atom. The Morgan fingerprint density at radius 2 is 1.14 bits per heavy atom. The highest BCUT2D eigenvalue weighted by atomic mass is 32.3. The fraction of sp³-hybridized carbons (Fsp3) is 0.711. The van der Waals surface area contributed by atoms with Crippen LogP contribution in [0.5, 0.6) is 0 Å². The molecule has 0 aromatic heterocycles. The van der Waals surface area contributed by atoms with Gasteiger partial charge in [0.25, 0.3) is 0 Å². The van der Waals surface area contributed by atoms with E-state index in [0.717, 1.165) is 109 Å². The molecule has 0 amide bonds. The fourth-order valence-corrected chi connectivity index (χ4v) is 6.62. The number of esters is 1. The lowest BCUT2D eigenvalue weighted by Gasteiger charge is -2.41. The third-order valence-corrected chi connectivity index (χ3v) is 9.79. The standard InChI is InChI=1S/C45H76O12S/c1-3-5-7-9-11-13-15-17-19-21-23-25-27-29-31-33-35-53-37-39(38-54-45-43(49)44(57-58(50,51)52)42(48)40(36-46)56-45)55-41(47)34-32-30-28-26-24-22-20-18-16-14-12-10-8-6-4-2/h5-8,11-14,17-20,39-40,42-46,48-49H,3-4,9-10,15-16,21-38H2,1-2H3,(H,50,51,52)/b7-5-,8-6-,13-11-,14-12-,19-17-,20-18-. The van der Waals surface area contributed by atoms with E-state index >= 15 is 0 Å². The van der Waals surface area contributed by atoms with Crippen molar-refractivity contribution in [3.63, 3.8) is 0 Å². The molecule has 334 valence electrons. The number of hydrogen-bond acceptors (Lipinski definition) is 11. The summed E-state index contributed by atoms with van der Waals surface area (Å²) in [4.78, 5) is 12.8. The largest absolute Gasteiger partial charge is 0.457 e. The number of hydrogen-bond donors (Lipinski definition) is 4. The van der Waals surface area contributed by atoms with Gasteiger partial charge in [-0.2, -0.15) is 8.42 Å². The first-order valence-electron chi connectivity index (χ1n) is 21.7. The van der Waals surface area contributed by atoms with Gasteiger partial charge in [0.2, 0.25) is 0 Å². The monoisotopic (exact) mass is 841 g/mol. The van der Waals surface area contributed by atoms with Crippen molar-refractivity contribution in [3.05, 3.63) is 72.9 Å². The third kappa shape index (κ3) is 29.7. The van der Waals surface area contributed by atoms with Gasteiger partial charge in [0.1, 0.15) is 30.5 Å². The second kappa shape index (κ2) is 36.4. The summed E-state index contributed by atoms with van der Waals surface area (Å²) in [5.74, 6) is -0.425. The van der Waals surface area contributed by atoms with E-state index in [-0.39, 0.29) is 19.6 Å². The third-order valence-electron chi connectivity index (χ3n) is 9.32. The number of aliphatic hydroxyl groups excluding tert-OH is 3. The topological polar surface area (TPSA) is 178 Å². The highest BCUT2D eigenvalue weighted by Gasteiger charge is 2.48. The van der Waals surface area contributed by atoms with Crippen molar-refractivity contribution >= 4 is 16.4 Å². The van der Waals surface area contributed by atoms with Gasteiger partial charge < -0.3 is 34.3 Å².